The van der Waals surface area contributed by atoms with Gasteiger partial charge < -0.3 is 10.1 Å². The van der Waals surface area contributed by atoms with E-state index in [1.165, 1.54) is 7.11 Å². The topological polar surface area (TPSA) is 72.5 Å². The molecule has 24 heavy (non-hydrogen) atoms. The van der Waals surface area contributed by atoms with Gasteiger partial charge in [-0.05, 0) is 23.8 Å². The molecule has 2 rings (SSSR count). The van der Waals surface area contributed by atoms with Crippen molar-refractivity contribution < 1.29 is 17.9 Å². The van der Waals surface area contributed by atoms with Gasteiger partial charge in [-0.15, -0.1) is 0 Å². The van der Waals surface area contributed by atoms with Crippen molar-refractivity contribution in [1.82, 2.24) is 0 Å². The number of nitrogens with one attached hydrogen (secondary N) is 1. The molecule has 0 aliphatic carbocycles. The standard InChI is InChI=1S/C17H18ClNO4S/c1-23-16-8-7-14(18)11-15(16)19-17(20)9-10-24(21,22)12-13-5-3-2-4-6-13/h2-8,11H,9-10,12H2,1H3,(H,19,20). The number of carbonyl (C=O) groups excluding carboxylic acids is 1. The van der Waals surface area contributed by atoms with E-state index in [2.05, 4.69) is 5.32 Å². The molecular weight excluding hydrogens is 350 g/mol. The van der Waals surface area contributed by atoms with Crippen molar-refractivity contribution in [3.63, 3.8) is 0 Å². The van der Waals surface area contributed by atoms with Crippen LogP contribution in [0, 0.1) is 0 Å². The molecule has 7 heteroatoms. The van der Waals surface area contributed by atoms with Crippen LogP contribution in [0.5, 0.6) is 5.75 Å². The molecular formula is C17H18ClNO4S. The van der Waals surface area contributed by atoms with Crippen molar-refractivity contribution in [1.29, 1.82) is 0 Å². The molecule has 2 aromatic carbocycles. The predicted molar refractivity (Wildman–Crippen MR) is 95.2 cm³/mol. The number of hydrogen-bond donors (Lipinski definition) is 1. The van der Waals surface area contributed by atoms with Gasteiger partial charge in [0.2, 0.25) is 5.91 Å². The van der Waals surface area contributed by atoms with Crippen molar-refractivity contribution in [2.45, 2.75) is 12.2 Å². The van der Waals surface area contributed by atoms with Gasteiger partial charge in [0.15, 0.2) is 9.84 Å². The zero-order valence-corrected chi connectivity index (χ0v) is 14.7. The molecule has 2 aromatic rings. The van der Waals surface area contributed by atoms with Crippen molar-refractivity contribution >= 4 is 33.0 Å². The number of anilines is 1. The lowest BCUT2D eigenvalue weighted by Crippen LogP contribution is -2.18. The molecule has 128 valence electrons. The van der Waals surface area contributed by atoms with Gasteiger partial charge in [-0.1, -0.05) is 41.9 Å². The maximum atomic E-state index is 12.1. The number of hydrogen-bond acceptors (Lipinski definition) is 4. The summed E-state index contributed by atoms with van der Waals surface area (Å²) in [5.74, 6) is -0.259. The SMILES string of the molecule is COc1ccc(Cl)cc1NC(=O)CCS(=O)(=O)Cc1ccccc1. The van der Waals surface area contributed by atoms with E-state index in [1.807, 2.05) is 6.07 Å². The fraction of sp³-hybridized carbons (Fsp3) is 0.235. The van der Waals surface area contributed by atoms with Gasteiger partial charge in [0.05, 0.1) is 24.3 Å². The van der Waals surface area contributed by atoms with E-state index in [1.54, 1.807) is 42.5 Å². The normalized spacial score (nSPS) is 11.1. The molecule has 0 fully saturated rings. The monoisotopic (exact) mass is 367 g/mol. The van der Waals surface area contributed by atoms with E-state index < -0.39 is 15.7 Å². The van der Waals surface area contributed by atoms with Crippen LogP contribution in [0.4, 0.5) is 5.69 Å². The zero-order chi connectivity index (χ0) is 17.6. The van der Waals surface area contributed by atoms with Gasteiger partial charge in [-0.25, -0.2) is 8.42 Å². The quantitative estimate of drug-likeness (QED) is 0.815. The number of carbonyl (C=O) groups is 1. The van der Waals surface area contributed by atoms with Gasteiger partial charge in [-0.3, -0.25) is 4.79 Å². The Hall–Kier alpha value is -2.05. The summed E-state index contributed by atoms with van der Waals surface area (Å²) in [6, 6.07) is 13.7. The van der Waals surface area contributed by atoms with Gasteiger partial charge in [-0.2, -0.15) is 0 Å². The summed E-state index contributed by atoms with van der Waals surface area (Å²) in [4.78, 5) is 12.0. The maximum absolute atomic E-state index is 12.1. The van der Waals surface area contributed by atoms with Crippen molar-refractivity contribution in [2.75, 3.05) is 18.2 Å². The fourth-order valence-electron chi connectivity index (χ4n) is 2.14. The molecule has 0 saturated heterocycles. The Kier molecular flexibility index (Phi) is 6.23. The molecule has 0 unspecified atom stereocenters. The summed E-state index contributed by atoms with van der Waals surface area (Å²) in [6.45, 7) is 0. The van der Waals surface area contributed by atoms with E-state index in [0.717, 1.165) is 0 Å². The van der Waals surface area contributed by atoms with E-state index in [-0.39, 0.29) is 17.9 Å². The van der Waals surface area contributed by atoms with Crippen LogP contribution < -0.4 is 10.1 Å². The first-order chi connectivity index (χ1) is 11.4. The second-order valence-corrected chi connectivity index (χ2v) is 7.84. The summed E-state index contributed by atoms with van der Waals surface area (Å²) in [6.07, 6.45) is -0.134. The molecule has 0 radical (unpaired) electrons. The fourth-order valence-corrected chi connectivity index (χ4v) is 3.65. The Bertz CT molecular complexity index is 807. The third kappa shape index (κ3) is 5.54. The van der Waals surface area contributed by atoms with Gasteiger partial charge in [0.25, 0.3) is 0 Å². The first-order valence-electron chi connectivity index (χ1n) is 7.27. The number of amides is 1. The minimum Gasteiger partial charge on any atom is -0.495 e. The van der Waals surface area contributed by atoms with Crippen molar-refractivity contribution in [2.24, 2.45) is 0 Å². The molecule has 0 heterocycles. The second-order valence-electron chi connectivity index (χ2n) is 5.22. The maximum Gasteiger partial charge on any atom is 0.225 e. The van der Waals surface area contributed by atoms with Crippen LogP contribution in [0.15, 0.2) is 48.5 Å². The summed E-state index contributed by atoms with van der Waals surface area (Å²) in [7, 11) is -1.89. The molecule has 0 bridgehead atoms. The highest BCUT2D eigenvalue weighted by molar-refractivity contribution is 7.90. The first-order valence-corrected chi connectivity index (χ1v) is 9.47. The average Bonchev–Trinajstić information content (AvgIpc) is 2.54. The minimum atomic E-state index is -3.36. The van der Waals surface area contributed by atoms with E-state index >= 15 is 0 Å². The second kappa shape index (κ2) is 8.17. The molecule has 0 saturated carbocycles. The summed E-state index contributed by atoms with van der Waals surface area (Å²) in [5.41, 5.74) is 1.12. The predicted octanol–water partition coefficient (Wildman–Crippen LogP) is 3.29. The molecule has 0 aliphatic rings. The van der Waals surface area contributed by atoms with Crippen LogP contribution in [0.3, 0.4) is 0 Å². The number of halogens is 1. The summed E-state index contributed by atoms with van der Waals surface area (Å²) < 4.78 is 29.4. The number of rotatable bonds is 7. The van der Waals surface area contributed by atoms with Crippen LogP contribution in [0.2, 0.25) is 5.02 Å². The largest absolute Gasteiger partial charge is 0.495 e. The van der Waals surface area contributed by atoms with E-state index in [9.17, 15) is 13.2 Å². The highest BCUT2D eigenvalue weighted by Gasteiger charge is 2.15. The van der Waals surface area contributed by atoms with Crippen LogP contribution in [0.25, 0.3) is 0 Å². The average molecular weight is 368 g/mol. The lowest BCUT2D eigenvalue weighted by atomic mass is 10.2. The first kappa shape index (κ1) is 18.3. The van der Waals surface area contributed by atoms with Gasteiger partial charge in [0, 0.05) is 11.4 Å². The third-order valence-corrected chi connectivity index (χ3v) is 5.14. The Morgan fingerprint density at radius 2 is 1.88 bits per heavy atom. The van der Waals surface area contributed by atoms with Crippen LogP contribution in [0.1, 0.15) is 12.0 Å². The highest BCUT2D eigenvalue weighted by atomic mass is 35.5. The zero-order valence-electron chi connectivity index (χ0n) is 13.2. The molecule has 0 atom stereocenters. The summed E-state index contributed by atoms with van der Waals surface area (Å²) in [5, 5.41) is 3.07. The lowest BCUT2D eigenvalue weighted by Gasteiger charge is -2.10. The number of sulfone groups is 1. The summed E-state index contributed by atoms with van der Waals surface area (Å²) >= 11 is 5.89. The molecule has 1 N–H and O–H groups in total. The molecule has 1 amide bonds. The lowest BCUT2D eigenvalue weighted by molar-refractivity contribution is -0.115. The number of benzene rings is 2. The Morgan fingerprint density at radius 3 is 2.54 bits per heavy atom. The van der Waals surface area contributed by atoms with Crippen LogP contribution in [-0.2, 0) is 20.4 Å². The van der Waals surface area contributed by atoms with E-state index in [4.69, 9.17) is 16.3 Å². The Morgan fingerprint density at radius 1 is 1.17 bits per heavy atom. The molecule has 0 spiro atoms. The van der Waals surface area contributed by atoms with Gasteiger partial charge in [0.1, 0.15) is 5.75 Å². The Balaban J connectivity index is 1.94. The van der Waals surface area contributed by atoms with Crippen molar-refractivity contribution in [3.8, 4) is 5.75 Å². The van der Waals surface area contributed by atoms with Crippen LogP contribution >= 0.6 is 11.6 Å². The molecule has 5 nitrogen and oxygen atoms in total. The van der Waals surface area contributed by atoms with Gasteiger partial charge >= 0.3 is 0 Å². The minimum absolute atomic E-state index is 0.0817. The highest BCUT2D eigenvalue weighted by Crippen LogP contribution is 2.27. The van der Waals surface area contributed by atoms with E-state index in [0.29, 0.717) is 22.0 Å². The number of methoxy groups -OCH3 is 1. The smallest absolute Gasteiger partial charge is 0.225 e. The third-order valence-electron chi connectivity index (χ3n) is 3.31. The van der Waals surface area contributed by atoms with Crippen LogP contribution in [-0.4, -0.2) is 27.2 Å². The molecule has 0 aliphatic heterocycles. The Labute approximate surface area is 146 Å². The number of ether oxygens (including phenoxy) is 1. The van der Waals surface area contributed by atoms with Crippen molar-refractivity contribution in [3.05, 3.63) is 59.1 Å². The molecule has 0 aromatic heterocycles.